The number of fused-ring (bicyclic) bond motifs is 4. The van der Waals surface area contributed by atoms with Crippen LogP contribution in [0.3, 0.4) is 0 Å². The smallest absolute Gasteiger partial charge is 0.220 e. The maximum atomic E-state index is 13.3. The zero-order valence-electron chi connectivity index (χ0n) is 16.5. The summed E-state index contributed by atoms with van der Waals surface area (Å²) in [6.45, 7) is 4.00. The molecule has 8 heteroatoms. The van der Waals surface area contributed by atoms with Crippen molar-refractivity contribution in [2.75, 3.05) is 26.2 Å². The fraction of sp³-hybridized carbons (Fsp3) is 0.667. The standard InChI is InChI=1S/C21H29F2N3O.2ClH/c22-17-6-4-14(9-18(17)23)5-7-21(27)25-13-20-16-10-15(11-24-12-16)19-3-1-2-8-26(19)20;;/h4,6,9,15-16,19-20,24H,1-3,5,7-8,10-13H2,(H,25,27);2*1H/t15-,16+,19+,20+;;/m1../s1. The topological polar surface area (TPSA) is 44.4 Å². The lowest BCUT2D eigenvalue weighted by atomic mass is 9.73. The van der Waals surface area contributed by atoms with Gasteiger partial charge in [-0.3, -0.25) is 9.69 Å². The quantitative estimate of drug-likeness (QED) is 0.724. The first kappa shape index (κ1) is 24.3. The second-order valence-electron chi connectivity index (χ2n) is 8.33. The van der Waals surface area contributed by atoms with Crippen LogP contribution < -0.4 is 10.6 Å². The maximum Gasteiger partial charge on any atom is 0.220 e. The molecule has 0 spiro atoms. The van der Waals surface area contributed by atoms with E-state index in [-0.39, 0.29) is 30.7 Å². The van der Waals surface area contributed by atoms with Gasteiger partial charge in [0.15, 0.2) is 11.6 Å². The van der Waals surface area contributed by atoms with E-state index >= 15 is 0 Å². The van der Waals surface area contributed by atoms with Gasteiger partial charge in [-0.1, -0.05) is 12.5 Å². The number of carbonyl (C=O) groups is 1. The molecule has 1 aromatic carbocycles. The fourth-order valence-corrected chi connectivity index (χ4v) is 5.31. The summed E-state index contributed by atoms with van der Waals surface area (Å²) in [5.41, 5.74) is 0.650. The van der Waals surface area contributed by atoms with Crippen molar-refractivity contribution in [1.82, 2.24) is 15.5 Å². The number of carbonyl (C=O) groups excluding carboxylic acids is 1. The van der Waals surface area contributed by atoms with Crippen LogP contribution in [0.1, 0.15) is 37.7 Å². The highest BCUT2D eigenvalue weighted by atomic mass is 35.5. The molecule has 0 saturated carbocycles. The van der Waals surface area contributed by atoms with Crippen molar-refractivity contribution in [2.45, 2.75) is 50.6 Å². The minimum atomic E-state index is -0.856. The van der Waals surface area contributed by atoms with Gasteiger partial charge in [-0.2, -0.15) is 0 Å². The Kier molecular flexibility index (Phi) is 9.14. The van der Waals surface area contributed by atoms with E-state index in [1.54, 1.807) is 6.07 Å². The van der Waals surface area contributed by atoms with Crippen LogP contribution in [0.25, 0.3) is 0 Å². The molecule has 4 rings (SSSR count). The van der Waals surface area contributed by atoms with Gasteiger partial charge in [0.2, 0.25) is 5.91 Å². The molecule has 3 aliphatic rings. The van der Waals surface area contributed by atoms with E-state index in [4.69, 9.17) is 0 Å². The van der Waals surface area contributed by atoms with Crippen molar-refractivity contribution in [3.63, 3.8) is 0 Å². The van der Waals surface area contributed by atoms with Gasteiger partial charge in [-0.25, -0.2) is 8.78 Å². The molecule has 3 saturated heterocycles. The first-order valence-electron chi connectivity index (χ1n) is 10.3. The molecule has 0 aromatic heterocycles. The minimum absolute atomic E-state index is 0. The second-order valence-corrected chi connectivity index (χ2v) is 8.33. The molecule has 1 amide bonds. The monoisotopic (exact) mass is 449 g/mol. The van der Waals surface area contributed by atoms with Gasteiger partial charge in [0.25, 0.3) is 0 Å². The Morgan fingerprint density at radius 1 is 1.14 bits per heavy atom. The third-order valence-electron chi connectivity index (χ3n) is 6.66. The molecule has 3 heterocycles. The number of hydrogen-bond acceptors (Lipinski definition) is 3. The van der Waals surface area contributed by atoms with E-state index in [1.165, 1.54) is 31.7 Å². The summed E-state index contributed by atoms with van der Waals surface area (Å²) >= 11 is 0. The van der Waals surface area contributed by atoms with Crippen molar-refractivity contribution in [1.29, 1.82) is 0 Å². The van der Waals surface area contributed by atoms with Gasteiger partial charge >= 0.3 is 0 Å². The molecule has 1 aromatic rings. The first-order chi connectivity index (χ1) is 13.1. The Balaban J connectivity index is 0.00000150. The van der Waals surface area contributed by atoms with Crippen LogP contribution in [-0.4, -0.2) is 49.1 Å². The molecule has 4 atom stereocenters. The zero-order valence-corrected chi connectivity index (χ0v) is 18.2. The van der Waals surface area contributed by atoms with Crippen molar-refractivity contribution in [2.24, 2.45) is 11.8 Å². The van der Waals surface area contributed by atoms with Crippen LogP contribution in [-0.2, 0) is 11.2 Å². The normalized spacial score (nSPS) is 28.5. The van der Waals surface area contributed by atoms with Gasteiger partial charge in [0, 0.05) is 25.0 Å². The van der Waals surface area contributed by atoms with Crippen LogP contribution >= 0.6 is 24.8 Å². The Bertz CT molecular complexity index is 694. The Labute approximate surface area is 184 Å². The zero-order chi connectivity index (χ0) is 18.8. The number of nitrogens with one attached hydrogen (secondary N) is 2. The lowest BCUT2D eigenvalue weighted by Crippen LogP contribution is -2.65. The summed E-state index contributed by atoms with van der Waals surface area (Å²) in [4.78, 5) is 15.0. The summed E-state index contributed by atoms with van der Waals surface area (Å²) in [5.74, 6) is -0.366. The molecule has 164 valence electrons. The molecule has 29 heavy (non-hydrogen) atoms. The molecule has 0 radical (unpaired) electrons. The second kappa shape index (κ2) is 10.9. The van der Waals surface area contributed by atoms with Gasteiger partial charge in [-0.05, 0) is 74.8 Å². The van der Waals surface area contributed by atoms with Crippen molar-refractivity contribution in [3.05, 3.63) is 35.4 Å². The van der Waals surface area contributed by atoms with Gasteiger partial charge in [0.1, 0.15) is 0 Å². The highest BCUT2D eigenvalue weighted by molar-refractivity contribution is 5.85. The van der Waals surface area contributed by atoms with Crippen molar-refractivity contribution < 1.29 is 13.6 Å². The Hall–Kier alpha value is -0.950. The number of benzene rings is 1. The molecule has 3 aliphatic heterocycles. The summed E-state index contributed by atoms with van der Waals surface area (Å²) in [5, 5.41) is 6.70. The van der Waals surface area contributed by atoms with Crippen LogP contribution in [0.15, 0.2) is 18.2 Å². The average Bonchev–Trinajstić information content (AvgIpc) is 2.69. The number of nitrogens with zero attached hydrogens (tertiary/aromatic N) is 1. The van der Waals surface area contributed by atoms with Crippen molar-refractivity contribution >= 4 is 30.7 Å². The van der Waals surface area contributed by atoms with E-state index in [2.05, 4.69) is 15.5 Å². The number of rotatable bonds is 5. The van der Waals surface area contributed by atoms with Gasteiger partial charge in [0.05, 0.1) is 0 Å². The summed E-state index contributed by atoms with van der Waals surface area (Å²) < 4.78 is 26.3. The Morgan fingerprint density at radius 3 is 2.72 bits per heavy atom. The molecule has 0 aliphatic carbocycles. The van der Waals surface area contributed by atoms with E-state index in [0.717, 1.165) is 31.6 Å². The van der Waals surface area contributed by atoms with Crippen molar-refractivity contribution in [3.8, 4) is 0 Å². The lowest BCUT2D eigenvalue weighted by molar-refractivity contribution is -0.122. The van der Waals surface area contributed by atoms with Gasteiger partial charge < -0.3 is 10.6 Å². The molecule has 2 N–H and O–H groups in total. The Morgan fingerprint density at radius 2 is 1.93 bits per heavy atom. The number of halogens is 4. The number of aryl methyl sites for hydroxylation is 1. The van der Waals surface area contributed by atoms with Gasteiger partial charge in [-0.15, -0.1) is 24.8 Å². The molecular weight excluding hydrogens is 419 g/mol. The minimum Gasteiger partial charge on any atom is -0.355 e. The van der Waals surface area contributed by atoms with E-state index in [1.807, 2.05) is 0 Å². The molecule has 2 bridgehead atoms. The lowest BCUT2D eigenvalue weighted by Gasteiger charge is -2.55. The van der Waals surface area contributed by atoms with Crippen LogP contribution in [0.5, 0.6) is 0 Å². The van der Waals surface area contributed by atoms with E-state index in [9.17, 15) is 13.6 Å². The van der Waals surface area contributed by atoms with Crippen LogP contribution in [0, 0.1) is 23.5 Å². The molecule has 4 nitrogen and oxygen atoms in total. The summed E-state index contributed by atoms with van der Waals surface area (Å²) in [7, 11) is 0. The van der Waals surface area contributed by atoms with Crippen LogP contribution in [0.2, 0.25) is 0 Å². The average molecular weight is 450 g/mol. The highest BCUT2D eigenvalue weighted by Crippen LogP contribution is 2.38. The van der Waals surface area contributed by atoms with Crippen LogP contribution in [0.4, 0.5) is 8.78 Å². The fourth-order valence-electron chi connectivity index (χ4n) is 5.31. The third kappa shape index (κ3) is 5.60. The number of amides is 1. The first-order valence-corrected chi connectivity index (χ1v) is 10.3. The predicted molar refractivity (Wildman–Crippen MR) is 115 cm³/mol. The maximum absolute atomic E-state index is 13.3. The molecule has 0 unspecified atom stereocenters. The third-order valence-corrected chi connectivity index (χ3v) is 6.66. The molecular formula is C21H31Cl2F2N3O. The predicted octanol–water partition coefficient (Wildman–Crippen LogP) is 3.32. The largest absolute Gasteiger partial charge is 0.355 e. The molecule has 3 fully saturated rings. The summed E-state index contributed by atoms with van der Waals surface area (Å²) in [6, 6.07) is 4.90. The number of piperidine rings is 3. The van der Waals surface area contributed by atoms with E-state index in [0.29, 0.717) is 43.0 Å². The highest BCUT2D eigenvalue weighted by Gasteiger charge is 2.45. The van der Waals surface area contributed by atoms with E-state index < -0.39 is 11.6 Å². The SMILES string of the molecule is Cl.Cl.O=C(CCc1ccc(F)c(F)c1)NC[C@H]1[C@@H]2CNC[C@@H](C2)[C@@H]2CCCCN21. The number of hydrogen-bond donors (Lipinski definition) is 2. The summed E-state index contributed by atoms with van der Waals surface area (Å²) in [6.07, 6.45) is 5.84.